The Labute approximate surface area is 135 Å². The summed E-state index contributed by atoms with van der Waals surface area (Å²) in [6, 6.07) is 0. The Morgan fingerprint density at radius 2 is 2.00 bits per heavy atom. The van der Waals surface area contributed by atoms with Crippen molar-refractivity contribution in [1.29, 1.82) is 0 Å². The van der Waals surface area contributed by atoms with E-state index in [0.717, 1.165) is 24.8 Å². The summed E-state index contributed by atoms with van der Waals surface area (Å²) >= 11 is 0. The Morgan fingerprint density at radius 1 is 1.32 bits per heavy atom. The molecule has 0 aliphatic heterocycles. The molecule has 0 amide bonds. The van der Waals surface area contributed by atoms with Crippen LogP contribution < -0.4 is 0 Å². The maximum absolute atomic E-state index is 12.2. The van der Waals surface area contributed by atoms with E-state index >= 15 is 0 Å². The van der Waals surface area contributed by atoms with Gasteiger partial charge in [-0.05, 0) is 74.7 Å². The first-order valence-corrected chi connectivity index (χ1v) is 8.96. The molecule has 0 radical (unpaired) electrons. The van der Waals surface area contributed by atoms with Crippen LogP contribution in [0.15, 0.2) is 11.1 Å². The SMILES string of the molecule is CC(=O)CCC1C(C(C)C)CCC1(C)CC1=C(C)CCC1=O. The molecule has 2 heteroatoms. The molecule has 1 fully saturated rings. The molecule has 0 heterocycles. The first-order valence-electron chi connectivity index (χ1n) is 8.96. The van der Waals surface area contributed by atoms with E-state index in [1.54, 1.807) is 6.92 Å². The van der Waals surface area contributed by atoms with Crippen LogP contribution in [0.5, 0.6) is 0 Å². The number of ketones is 2. The molecule has 2 nitrogen and oxygen atoms in total. The van der Waals surface area contributed by atoms with E-state index in [9.17, 15) is 9.59 Å². The molecule has 0 saturated heterocycles. The van der Waals surface area contributed by atoms with Gasteiger partial charge >= 0.3 is 0 Å². The highest BCUT2D eigenvalue weighted by molar-refractivity contribution is 5.98. The molecule has 0 aromatic heterocycles. The lowest BCUT2D eigenvalue weighted by Gasteiger charge is -2.36. The minimum absolute atomic E-state index is 0.195. The van der Waals surface area contributed by atoms with Gasteiger partial charge in [0.15, 0.2) is 5.78 Å². The van der Waals surface area contributed by atoms with E-state index < -0.39 is 0 Å². The lowest BCUT2D eigenvalue weighted by Crippen LogP contribution is -2.29. The zero-order valence-corrected chi connectivity index (χ0v) is 15.0. The van der Waals surface area contributed by atoms with Gasteiger partial charge in [-0.3, -0.25) is 4.79 Å². The van der Waals surface area contributed by atoms with Crippen molar-refractivity contribution in [2.24, 2.45) is 23.2 Å². The third kappa shape index (κ3) is 3.52. The lowest BCUT2D eigenvalue weighted by molar-refractivity contribution is -0.118. The van der Waals surface area contributed by atoms with Crippen LogP contribution in [0, 0.1) is 23.2 Å². The second kappa shape index (κ2) is 6.68. The predicted molar refractivity (Wildman–Crippen MR) is 90.6 cm³/mol. The quantitative estimate of drug-likeness (QED) is 0.683. The third-order valence-electron chi connectivity index (χ3n) is 6.28. The van der Waals surface area contributed by atoms with Gasteiger partial charge in [0.25, 0.3) is 0 Å². The standard InChI is InChI=1S/C20H32O2/c1-13(2)16-10-11-20(5,18(16)8-7-15(4)21)12-17-14(3)6-9-19(17)22/h13,16,18H,6-12H2,1-5H3. The third-order valence-corrected chi connectivity index (χ3v) is 6.28. The van der Waals surface area contributed by atoms with Crippen LogP contribution in [-0.2, 0) is 9.59 Å². The van der Waals surface area contributed by atoms with E-state index in [2.05, 4.69) is 27.7 Å². The number of rotatable bonds is 6. The van der Waals surface area contributed by atoms with Gasteiger partial charge in [0.1, 0.15) is 5.78 Å². The molecule has 2 rings (SSSR count). The molecule has 0 aromatic carbocycles. The number of carbonyl (C=O) groups is 2. The van der Waals surface area contributed by atoms with Crippen LogP contribution in [0.2, 0.25) is 0 Å². The van der Waals surface area contributed by atoms with Crippen LogP contribution in [0.1, 0.15) is 79.6 Å². The van der Waals surface area contributed by atoms with Crippen LogP contribution in [0.3, 0.4) is 0 Å². The number of hydrogen-bond donors (Lipinski definition) is 0. The Kier molecular flexibility index (Phi) is 5.29. The van der Waals surface area contributed by atoms with Crippen molar-refractivity contribution in [2.75, 3.05) is 0 Å². The van der Waals surface area contributed by atoms with Gasteiger partial charge < -0.3 is 4.79 Å². The van der Waals surface area contributed by atoms with Crippen molar-refractivity contribution in [3.63, 3.8) is 0 Å². The monoisotopic (exact) mass is 304 g/mol. The summed E-state index contributed by atoms with van der Waals surface area (Å²) in [7, 11) is 0. The highest BCUT2D eigenvalue weighted by Gasteiger charge is 2.46. The average Bonchev–Trinajstić information content (AvgIpc) is 2.91. The van der Waals surface area contributed by atoms with Crippen LogP contribution in [-0.4, -0.2) is 11.6 Å². The normalized spacial score (nSPS) is 32.4. The largest absolute Gasteiger partial charge is 0.300 e. The highest BCUT2D eigenvalue weighted by Crippen LogP contribution is 2.55. The van der Waals surface area contributed by atoms with E-state index in [1.807, 2.05) is 0 Å². The van der Waals surface area contributed by atoms with Gasteiger partial charge in [0.2, 0.25) is 0 Å². The van der Waals surface area contributed by atoms with Crippen molar-refractivity contribution in [3.05, 3.63) is 11.1 Å². The predicted octanol–water partition coefficient (Wildman–Crippen LogP) is 5.11. The van der Waals surface area contributed by atoms with Gasteiger partial charge in [0.05, 0.1) is 0 Å². The Hall–Kier alpha value is -0.920. The number of Topliss-reactive ketones (excluding diaryl/α,β-unsaturated/α-hetero) is 2. The Bertz CT molecular complexity index is 486. The summed E-state index contributed by atoms with van der Waals surface area (Å²) in [5, 5.41) is 0. The fraction of sp³-hybridized carbons (Fsp3) is 0.800. The molecular weight excluding hydrogens is 272 g/mol. The minimum atomic E-state index is 0.195. The molecule has 0 spiro atoms. The maximum Gasteiger partial charge on any atom is 0.159 e. The van der Waals surface area contributed by atoms with Crippen molar-refractivity contribution in [1.82, 2.24) is 0 Å². The summed E-state index contributed by atoms with van der Waals surface area (Å²) < 4.78 is 0. The topological polar surface area (TPSA) is 34.1 Å². The molecule has 2 aliphatic carbocycles. The van der Waals surface area contributed by atoms with Gasteiger partial charge in [-0.2, -0.15) is 0 Å². The Balaban J connectivity index is 2.20. The van der Waals surface area contributed by atoms with Crippen molar-refractivity contribution in [3.8, 4) is 0 Å². The zero-order chi connectivity index (χ0) is 16.5. The fourth-order valence-electron chi connectivity index (χ4n) is 4.83. The van der Waals surface area contributed by atoms with E-state index in [4.69, 9.17) is 0 Å². The van der Waals surface area contributed by atoms with Crippen molar-refractivity contribution in [2.45, 2.75) is 79.6 Å². The molecule has 3 atom stereocenters. The van der Waals surface area contributed by atoms with Gasteiger partial charge in [-0.15, -0.1) is 0 Å². The lowest BCUT2D eigenvalue weighted by atomic mass is 9.68. The summed E-state index contributed by atoms with van der Waals surface area (Å²) in [6.45, 7) is 10.8. The number of allylic oxidation sites excluding steroid dienone is 2. The van der Waals surface area contributed by atoms with Crippen LogP contribution in [0.25, 0.3) is 0 Å². The molecule has 2 aliphatic rings. The van der Waals surface area contributed by atoms with Crippen LogP contribution >= 0.6 is 0 Å². The first-order chi connectivity index (χ1) is 10.2. The second-order valence-corrected chi connectivity index (χ2v) is 8.31. The molecule has 0 bridgehead atoms. The molecule has 3 unspecified atom stereocenters. The molecule has 0 aromatic rings. The Morgan fingerprint density at radius 3 is 2.50 bits per heavy atom. The van der Waals surface area contributed by atoms with Crippen molar-refractivity contribution >= 4 is 11.6 Å². The van der Waals surface area contributed by atoms with Gasteiger partial charge in [-0.1, -0.05) is 26.3 Å². The summed E-state index contributed by atoms with van der Waals surface area (Å²) in [5.41, 5.74) is 2.62. The number of carbonyl (C=O) groups excluding carboxylic acids is 2. The first kappa shape index (κ1) is 17.4. The highest BCUT2D eigenvalue weighted by atomic mass is 16.1. The fourth-order valence-corrected chi connectivity index (χ4v) is 4.83. The van der Waals surface area contributed by atoms with Crippen LogP contribution in [0.4, 0.5) is 0 Å². The second-order valence-electron chi connectivity index (χ2n) is 8.31. The van der Waals surface area contributed by atoms with E-state index in [1.165, 1.54) is 18.4 Å². The molecular formula is C20H32O2. The summed E-state index contributed by atoms with van der Waals surface area (Å²) in [4.78, 5) is 23.7. The van der Waals surface area contributed by atoms with Crippen molar-refractivity contribution < 1.29 is 9.59 Å². The minimum Gasteiger partial charge on any atom is -0.300 e. The smallest absolute Gasteiger partial charge is 0.159 e. The molecule has 1 saturated carbocycles. The zero-order valence-electron chi connectivity index (χ0n) is 15.0. The molecule has 22 heavy (non-hydrogen) atoms. The van der Waals surface area contributed by atoms with E-state index in [-0.39, 0.29) is 5.41 Å². The summed E-state index contributed by atoms with van der Waals surface area (Å²) in [5.74, 6) is 2.60. The summed E-state index contributed by atoms with van der Waals surface area (Å²) in [6.07, 6.45) is 6.73. The van der Waals surface area contributed by atoms with E-state index in [0.29, 0.717) is 42.2 Å². The molecule has 124 valence electrons. The average molecular weight is 304 g/mol. The molecule has 0 N–H and O–H groups in total. The van der Waals surface area contributed by atoms with Gasteiger partial charge in [-0.25, -0.2) is 0 Å². The maximum atomic E-state index is 12.2. The number of hydrogen-bond acceptors (Lipinski definition) is 2. The van der Waals surface area contributed by atoms with Gasteiger partial charge in [0, 0.05) is 12.8 Å².